The second-order valence-corrected chi connectivity index (χ2v) is 7.40. The van der Waals surface area contributed by atoms with Gasteiger partial charge in [0.15, 0.2) is 5.13 Å². The molecule has 3 rings (SSSR count). The summed E-state index contributed by atoms with van der Waals surface area (Å²) in [6.07, 6.45) is 2.99. The molecular weight excluding hydrogens is 419 g/mol. The van der Waals surface area contributed by atoms with Crippen LogP contribution in [0.5, 0.6) is 0 Å². The van der Waals surface area contributed by atoms with E-state index in [0.29, 0.717) is 22.2 Å². The minimum atomic E-state index is -0.531. The molecule has 9 heteroatoms. The molecule has 3 aromatic rings. The fourth-order valence-corrected chi connectivity index (χ4v) is 3.37. The van der Waals surface area contributed by atoms with E-state index in [1.807, 2.05) is 0 Å². The van der Waals surface area contributed by atoms with Crippen molar-refractivity contribution >= 4 is 51.6 Å². The molecule has 0 aliphatic carbocycles. The standard InChI is InChI=1S/C22H19FN4O3S/c1-13(28)24-16-6-3-15(4-7-16)5-10-21(30)27-22-26-20(12-31-22)18-9-8-17(11-19(18)23)25-14(2)29/h3-12H,1-2H3,(H,24,28)(H,25,29)(H,26,27,30)/b10-5+. The number of carbonyl (C=O) groups is 3. The van der Waals surface area contributed by atoms with Crippen molar-refractivity contribution in [1.82, 2.24) is 4.98 Å². The molecule has 1 heterocycles. The van der Waals surface area contributed by atoms with Crippen LogP contribution in [0.1, 0.15) is 19.4 Å². The highest BCUT2D eigenvalue weighted by atomic mass is 32.1. The molecule has 31 heavy (non-hydrogen) atoms. The minimum absolute atomic E-state index is 0.158. The minimum Gasteiger partial charge on any atom is -0.326 e. The van der Waals surface area contributed by atoms with Crippen molar-refractivity contribution in [3.8, 4) is 11.3 Å². The molecule has 0 atom stereocenters. The summed E-state index contributed by atoms with van der Waals surface area (Å²) in [6.45, 7) is 2.77. The quantitative estimate of drug-likeness (QED) is 0.493. The Balaban J connectivity index is 1.63. The lowest BCUT2D eigenvalue weighted by atomic mass is 10.1. The van der Waals surface area contributed by atoms with Crippen molar-refractivity contribution in [2.75, 3.05) is 16.0 Å². The van der Waals surface area contributed by atoms with Crippen molar-refractivity contribution in [1.29, 1.82) is 0 Å². The van der Waals surface area contributed by atoms with Crippen LogP contribution in [0.2, 0.25) is 0 Å². The van der Waals surface area contributed by atoms with Crippen LogP contribution in [0.4, 0.5) is 20.9 Å². The first-order valence-corrected chi connectivity index (χ1v) is 10.1. The molecule has 3 N–H and O–H groups in total. The Morgan fingerprint density at radius 1 is 0.935 bits per heavy atom. The van der Waals surface area contributed by atoms with Crippen molar-refractivity contribution in [3.05, 3.63) is 65.3 Å². The van der Waals surface area contributed by atoms with Gasteiger partial charge >= 0.3 is 0 Å². The number of carbonyl (C=O) groups excluding carboxylic acids is 3. The van der Waals surface area contributed by atoms with E-state index in [1.54, 1.807) is 41.8 Å². The lowest BCUT2D eigenvalue weighted by Crippen LogP contribution is -2.07. The normalized spacial score (nSPS) is 10.7. The van der Waals surface area contributed by atoms with E-state index >= 15 is 0 Å². The van der Waals surface area contributed by atoms with Gasteiger partial charge in [0.25, 0.3) is 0 Å². The first kappa shape index (κ1) is 21.8. The topological polar surface area (TPSA) is 100 Å². The van der Waals surface area contributed by atoms with Crippen LogP contribution < -0.4 is 16.0 Å². The highest BCUT2D eigenvalue weighted by Crippen LogP contribution is 2.28. The number of hydrogen-bond donors (Lipinski definition) is 3. The Kier molecular flexibility index (Phi) is 6.88. The number of anilines is 3. The summed E-state index contributed by atoms with van der Waals surface area (Å²) in [5, 5.41) is 9.79. The summed E-state index contributed by atoms with van der Waals surface area (Å²) in [4.78, 5) is 38.5. The van der Waals surface area contributed by atoms with Crippen LogP contribution in [0.25, 0.3) is 17.3 Å². The smallest absolute Gasteiger partial charge is 0.250 e. The highest BCUT2D eigenvalue weighted by Gasteiger charge is 2.11. The molecule has 158 valence electrons. The van der Waals surface area contributed by atoms with E-state index in [9.17, 15) is 18.8 Å². The second-order valence-electron chi connectivity index (χ2n) is 6.54. The first-order valence-electron chi connectivity index (χ1n) is 9.20. The van der Waals surface area contributed by atoms with E-state index in [-0.39, 0.29) is 23.3 Å². The summed E-state index contributed by atoms with van der Waals surface area (Å²) in [5.74, 6) is -1.36. The molecule has 0 bridgehead atoms. The number of thiazole rings is 1. The monoisotopic (exact) mass is 438 g/mol. The van der Waals surface area contributed by atoms with Crippen LogP contribution in [0.15, 0.2) is 53.9 Å². The molecule has 0 aliphatic heterocycles. The highest BCUT2D eigenvalue weighted by molar-refractivity contribution is 7.14. The third-order valence-electron chi connectivity index (χ3n) is 3.96. The van der Waals surface area contributed by atoms with Gasteiger partial charge in [-0.3, -0.25) is 19.7 Å². The molecule has 0 saturated heterocycles. The van der Waals surface area contributed by atoms with Gasteiger partial charge in [-0.05, 0) is 42.0 Å². The largest absolute Gasteiger partial charge is 0.326 e. The molecule has 0 spiro atoms. The summed E-state index contributed by atoms with van der Waals surface area (Å²) < 4.78 is 14.4. The van der Waals surface area contributed by atoms with Crippen molar-refractivity contribution in [3.63, 3.8) is 0 Å². The molecule has 0 radical (unpaired) electrons. The predicted molar refractivity (Wildman–Crippen MR) is 120 cm³/mol. The van der Waals surface area contributed by atoms with Crippen molar-refractivity contribution < 1.29 is 18.8 Å². The van der Waals surface area contributed by atoms with Gasteiger partial charge in [0.2, 0.25) is 17.7 Å². The number of benzene rings is 2. The number of amides is 3. The zero-order chi connectivity index (χ0) is 22.4. The zero-order valence-electron chi connectivity index (χ0n) is 16.7. The van der Waals surface area contributed by atoms with Crippen LogP contribution in [-0.4, -0.2) is 22.7 Å². The number of rotatable bonds is 6. The molecular formula is C22H19FN4O3S. The van der Waals surface area contributed by atoms with Gasteiger partial charge < -0.3 is 10.6 Å². The Labute approximate surface area is 182 Å². The maximum Gasteiger partial charge on any atom is 0.250 e. The third-order valence-corrected chi connectivity index (χ3v) is 4.72. The summed E-state index contributed by atoms with van der Waals surface area (Å²) in [5.41, 5.74) is 2.45. The maximum absolute atomic E-state index is 14.4. The van der Waals surface area contributed by atoms with E-state index in [0.717, 1.165) is 5.56 Å². The number of nitrogens with one attached hydrogen (secondary N) is 3. The molecule has 1 aromatic heterocycles. The van der Waals surface area contributed by atoms with Gasteiger partial charge in [0.05, 0.1) is 5.69 Å². The van der Waals surface area contributed by atoms with Gasteiger partial charge in [-0.2, -0.15) is 0 Å². The van der Waals surface area contributed by atoms with Gasteiger partial charge in [-0.15, -0.1) is 11.3 Å². The Bertz CT molecular complexity index is 1160. The Morgan fingerprint density at radius 2 is 1.58 bits per heavy atom. The lowest BCUT2D eigenvalue weighted by molar-refractivity contribution is -0.115. The lowest BCUT2D eigenvalue weighted by Gasteiger charge is -2.04. The number of hydrogen-bond acceptors (Lipinski definition) is 5. The molecule has 0 saturated carbocycles. The maximum atomic E-state index is 14.4. The average Bonchev–Trinajstić information content (AvgIpc) is 3.14. The van der Waals surface area contributed by atoms with E-state index in [2.05, 4.69) is 20.9 Å². The molecule has 2 aromatic carbocycles. The fraction of sp³-hybridized carbons (Fsp3) is 0.0909. The average molecular weight is 438 g/mol. The second kappa shape index (κ2) is 9.77. The fourth-order valence-electron chi connectivity index (χ4n) is 2.66. The van der Waals surface area contributed by atoms with Gasteiger partial charge in [0, 0.05) is 42.2 Å². The zero-order valence-corrected chi connectivity index (χ0v) is 17.5. The summed E-state index contributed by atoms with van der Waals surface area (Å²) in [6, 6.07) is 11.3. The van der Waals surface area contributed by atoms with Crippen LogP contribution in [0.3, 0.4) is 0 Å². The summed E-state index contributed by atoms with van der Waals surface area (Å²) >= 11 is 1.17. The molecule has 3 amide bonds. The SMILES string of the molecule is CC(=O)Nc1ccc(/C=C/C(=O)Nc2nc(-c3ccc(NC(C)=O)cc3F)cs2)cc1. The van der Waals surface area contributed by atoms with Crippen LogP contribution in [-0.2, 0) is 14.4 Å². The van der Waals surface area contributed by atoms with Crippen LogP contribution in [0, 0.1) is 5.82 Å². The number of halogens is 1. The van der Waals surface area contributed by atoms with Crippen molar-refractivity contribution in [2.45, 2.75) is 13.8 Å². The Hall–Kier alpha value is -3.85. The third kappa shape index (κ3) is 6.31. The van der Waals surface area contributed by atoms with E-state index in [1.165, 1.54) is 43.4 Å². The number of nitrogens with zero attached hydrogens (tertiary/aromatic N) is 1. The van der Waals surface area contributed by atoms with Gasteiger partial charge in [-0.1, -0.05) is 12.1 Å². The number of aromatic nitrogens is 1. The van der Waals surface area contributed by atoms with E-state index < -0.39 is 5.82 Å². The van der Waals surface area contributed by atoms with Gasteiger partial charge in [0.1, 0.15) is 5.82 Å². The molecule has 0 fully saturated rings. The Morgan fingerprint density at radius 3 is 2.23 bits per heavy atom. The van der Waals surface area contributed by atoms with Crippen LogP contribution >= 0.6 is 11.3 Å². The molecule has 7 nitrogen and oxygen atoms in total. The van der Waals surface area contributed by atoms with Gasteiger partial charge in [-0.25, -0.2) is 9.37 Å². The van der Waals surface area contributed by atoms with Crippen molar-refractivity contribution in [2.24, 2.45) is 0 Å². The predicted octanol–water partition coefficient (Wildman–Crippen LogP) is 4.52. The molecule has 0 unspecified atom stereocenters. The summed E-state index contributed by atoms with van der Waals surface area (Å²) in [7, 11) is 0. The van der Waals surface area contributed by atoms with E-state index in [4.69, 9.17) is 0 Å². The molecule has 0 aliphatic rings. The first-order chi connectivity index (χ1) is 14.8.